The fraction of sp³-hybridized carbons (Fsp3) is 0. The number of aromatic nitrogens is 2. The Morgan fingerprint density at radius 2 is 1.95 bits per heavy atom. The van der Waals surface area contributed by atoms with Gasteiger partial charge in [-0.05, 0) is 24.3 Å². The van der Waals surface area contributed by atoms with Gasteiger partial charge in [0.05, 0.1) is 11.3 Å². The van der Waals surface area contributed by atoms with Crippen LogP contribution < -0.4 is 0 Å². The summed E-state index contributed by atoms with van der Waals surface area (Å²) >= 11 is 0. The monoisotopic (exact) mass is 274 g/mol. The van der Waals surface area contributed by atoms with Gasteiger partial charge in [-0.15, -0.1) is 0 Å². The number of fused-ring (bicyclic) bond motifs is 1. The van der Waals surface area contributed by atoms with Crippen LogP contribution in [0.4, 0.5) is 8.78 Å². The maximum Gasteiger partial charge on any atom is 0.337 e. The van der Waals surface area contributed by atoms with E-state index in [1.54, 1.807) is 0 Å². The molecule has 0 bridgehead atoms. The van der Waals surface area contributed by atoms with Gasteiger partial charge in [0.15, 0.2) is 0 Å². The third kappa shape index (κ3) is 2.01. The number of carboxylic acids is 1. The third-order valence-corrected chi connectivity index (χ3v) is 2.91. The van der Waals surface area contributed by atoms with Gasteiger partial charge in [0, 0.05) is 24.0 Å². The molecule has 0 spiro atoms. The second-order valence-corrected chi connectivity index (χ2v) is 4.24. The van der Waals surface area contributed by atoms with Crippen molar-refractivity contribution >= 4 is 11.6 Å². The number of carboxylic acid groups (broad SMARTS) is 1. The van der Waals surface area contributed by atoms with Crippen LogP contribution in [0.25, 0.3) is 16.9 Å². The first-order valence-corrected chi connectivity index (χ1v) is 5.72. The number of pyridine rings is 1. The molecule has 0 aliphatic carbocycles. The average molecular weight is 274 g/mol. The van der Waals surface area contributed by atoms with Crippen molar-refractivity contribution in [2.24, 2.45) is 0 Å². The maximum atomic E-state index is 13.7. The predicted molar refractivity (Wildman–Crippen MR) is 67.5 cm³/mol. The van der Waals surface area contributed by atoms with E-state index in [-0.39, 0.29) is 11.1 Å². The van der Waals surface area contributed by atoms with Gasteiger partial charge in [-0.3, -0.25) is 0 Å². The van der Waals surface area contributed by atoms with Gasteiger partial charge in [-0.25, -0.2) is 18.6 Å². The fourth-order valence-corrected chi connectivity index (χ4v) is 1.95. The van der Waals surface area contributed by atoms with Crippen LogP contribution in [-0.2, 0) is 0 Å². The lowest BCUT2D eigenvalue weighted by Crippen LogP contribution is -1.97. The van der Waals surface area contributed by atoms with Crippen LogP contribution in [0.1, 0.15) is 10.4 Å². The molecule has 0 aliphatic heterocycles. The molecule has 0 radical (unpaired) electrons. The smallest absolute Gasteiger partial charge is 0.337 e. The summed E-state index contributed by atoms with van der Waals surface area (Å²) in [7, 11) is 0. The van der Waals surface area contributed by atoms with Gasteiger partial charge in [0.1, 0.15) is 17.3 Å². The van der Waals surface area contributed by atoms with E-state index >= 15 is 0 Å². The normalized spacial score (nSPS) is 10.9. The lowest BCUT2D eigenvalue weighted by molar-refractivity contribution is 0.0696. The molecule has 1 aromatic carbocycles. The molecule has 3 rings (SSSR count). The van der Waals surface area contributed by atoms with E-state index < -0.39 is 17.6 Å². The second-order valence-electron chi connectivity index (χ2n) is 4.24. The first kappa shape index (κ1) is 12.3. The van der Waals surface area contributed by atoms with E-state index in [2.05, 4.69) is 4.98 Å². The molecule has 4 nitrogen and oxygen atoms in total. The Morgan fingerprint density at radius 3 is 2.65 bits per heavy atom. The van der Waals surface area contributed by atoms with Crippen molar-refractivity contribution < 1.29 is 18.7 Å². The summed E-state index contributed by atoms with van der Waals surface area (Å²) in [6.07, 6.45) is 2.88. The zero-order chi connectivity index (χ0) is 14.3. The van der Waals surface area contributed by atoms with Crippen LogP contribution in [0.15, 0.2) is 42.7 Å². The molecular weight excluding hydrogens is 266 g/mol. The maximum absolute atomic E-state index is 13.7. The largest absolute Gasteiger partial charge is 0.478 e. The molecule has 2 heterocycles. The minimum atomic E-state index is -1.06. The lowest BCUT2D eigenvalue weighted by atomic mass is 10.1. The number of carbonyl (C=O) groups is 1. The number of halogens is 2. The Kier molecular flexibility index (Phi) is 2.71. The predicted octanol–water partition coefficient (Wildman–Crippen LogP) is 2.98. The Hall–Kier alpha value is -2.76. The van der Waals surface area contributed by atoms with Crippen LogP contribution in [0.3, 0.4) is 0 Å². The highest BCUT2D eigenvalue weighted by Crippen LogP contribution is 2.23. The first-order valence-electron chi connectivity index (χ1n) is 5.72. The number of hydrogen-bond acceptors (Lipinski definition) is 2. The third-order valence-electron chi connectivity index (χ3n) is 2.91. The van der Waals surface area contributed by atoms with E-state index in [1.807, 2.05) is 0 Å². The number of rotatable bonds is 2. The molecular formula is C14H8F2N2O2. The highest BCUT2D eigenvalue weighted by Gasteiger charge is 2.11. The van der Waals surface area contributed by atoms with E-state index in [4.69, 9.17) is 5.11 Å². The zero-order valence-electron chi connectivity index (χ0n) is 10.0. The van der Waals surface area contributed by atoms with Crippen molar-refractivity contribution in [2.75, 3.05) is 0 Å². The van der Waals surface area contributed by atoms with Crippen molar-refractivity contribution in [3.8, 4) is 11.3 Å². The van der Waals surface area contributed by atoms with Crippen molar-refractivity contribution in [2.45, 2.75) is 0 Å². The van der Waals surface area contributed by atoms with Crippen molar-refractivity contribution in [3.05, 3.63) is 59.9 Å². The summed E-state index contributed by atoms with van der Waals surface area (Å²) in [4.78, 5) is 15.1. The highest BCUT2D eigenvalue weighted by atomic mass is 19.1. The highest BCUT2D eigenvalue weighted by molar-refractivity contribution is 5.87. The molecule has 6 heteroatoms. The van der Waals surface area contributed by atoms with E-state index in [1.165, 1.54) is 35.0 Å². The summed E-state index contributed by atoms with van der Waals surface area (Å²) in [6, 6.07) is 6.15. The van der Waals surface area contributed by atoms with Crippen LogP contribution in [0, 0.1) is 11.6 Å². The van der Waals surface area contributed by atoms with Gasteiger partial charge in [-0.1, -0.05) is 0 Å². The van der Waals surface area contributed by atoms with Crippen LogP contribution in [0.2, 0.25) is 0 Å². The Labute approximate surface area is 111 Å². The topological polar surface area (TPSA) is 54.6 Å². The summed E-state index contributed by atoms with van der Waals surface area (Å²) in [5.74, 6) is -2.44. The lowest BCUT2D eigenvalue weighted by Gasteiger charge is -1.98. The molecule has 0 unspecified atom stereocenters. The number of nitrogens with zero attached hydrogens (tertiary/aromatic N) is 2. The van der Waals surface area contributed by atoms with Gasteiger partial charge in [0.2, 0.25) is 0 Å². The molecule has 0 saturated heterocycles. The second kappa shape index (κ2) is 4.41. The van der Waals surface area contributed by atoms with Crippen molar-refractivity contribution in [3.63, 3.8) is 0 Å². The Balaban J connectivity index is 2.15. The van der Waals surface area contributed by atoms with Crippen molar-refractivity contribution in [1.82, 2.24) is 9.38 Å². The van der Waals surface area contributed by atoms with E-state index in [0.717, 1.165) is 12.1 Å². The van der Waals surface area contributed by atoms with Crippen LogP contribution in [0.5, 0.6) is 0 Å². The molecule has 0 amide bonds. The van der Waals surface area contributed by atoms with Crippen LogP contribution >= 0.6 is 0 Å². The summed E-state index contributed by atoms with van der Waals surface area (Å²) < 4.78 is 28.1. The Bertz CT molecular complexity index is 827. The molecule has 0 aliphatic rings. The average Bonchev–Trinajstić information content (AvgIpc) is 2.80. The molecule has 1 N–H and O–H groups in total. The molecule has 0 atom stereocenters. The summed E-state index contributed by atoms with van der Waals surface area (Å²) in [5, 5.41) is 8.91. The zero-order valence-corrected chi connectivity index (χ0v) is 10.0. The summed E-state index contributed by atoms with van der Waals surface area (Å²) in [5.41, 5.74) is 1.05. The van der Waals surface area contributed by atoms with E-state index in [9.17, 15) is 13.6 Å². The standard InChI is InChI=1S/C14H8F2N2O2/c15-9-2-3-10(11(16)5-9)12-7-18-6-8(14(19)20)1-4-13(18)17-12/h1-7H,(H,19,20). The van der Waals surface area contributed by atoms with E-state index in [0.29, 0.717) is 11.3 Å². The molecule has 2 aromatic heterocycles. The molecule has 100 valence electrons. The SMILES string of the molecule is O=C(O)c1ccc2nc(-c3ccc(F)cc3F)cn2c1. The number of aromatic carboxylic acids is 1. The van der Waals surface area contributed by atoms with Gasteiger partial charge in [-0.2, -0.15) is 0 Å². The van der Waals surface area contributed by atoms with Crippen molar-refractivity contribution in [1.29, 1.82) is 0 Å². The van der Waals surface area contributed by atoms with Gasteiger partial charge in [0.25, 0.3) is 0 Å². The first-order chi connectivity index (χ1) is 9.54. The van der Waals surface area contributed by atoms with Gasteiger partial charge < -0.3 is 9.51 Å². The molecule has 20 heavy (non-hydrogen) atoms. The molecule has 0 saturated carbocycles. The molecule has 3 aromatic rings. The Morgan fingerprint density at radius 1 is 1.15 bits per heavy atom. The number of imidazole rings is 1. The minimum Gasteiger partial charge on any atom is -0.478 e. The number of benzene rings is 1. The fourth-order valence-electron chi connectivity index (χ4n) is 1.95. The molecule has 0 fully saturated rings. The van der Waals surface area contributed by atoms with Gasteiger partial charge >= 0.3 is 5.97 Å². The van der Waals surface area contributed by atoms with Crippen LogP contribution in [-0.4, -0.2) is 20.5 Å². The quantitative estimate of drug-likeness (QED) is 0.781. The summed E-state index contributed by atoms with van der Waals surface area (Å²) in [6.45, 7) is 0. The minimum absolute atomic E-state index is 0.0982. The number of hydrogen-bond donors (Lipinski definition) is 1.